The standard InChI is InChI=1S/C22H30N2O2/c25-21(23-13-4-1-5-14-23)18-11-15-24(16-12-18)22(26)20-10-6-8-17-7-2-3-9-19(17)20/h2-3,7,9,18,20H,1,4-6,8,10-16H2. The highest BCUT2D eigenvalue weighted by atomic mass is 16.2. The minimum absolute atomic E-state index is 0.0225. The number of benzene rings is 1. The third-order valence-electron chi connectivity index (χ3n) is 6.49. The molecule has 3 aliphatic rings. The summed E-state index contributed by atoms with van der Waals surface area (Å²) in [4.78, 5) is 29.9. The molecule has 2 fully saturated rings. The zero-order valence-corrected chi connectivity index (χ0v) is 15.7. The number of aryl methyl sites for hydroxylation is 1. The predicted octanol–water partition coefficient (Wildman–Crippen LogP) is 3.36. The van der Waals surface area contributed by atoms with Crippen molar-refractivity contribution in [3.8, 4) is 0 Å². The summed E-state index contributed by atoms with van der Waals surface area (Å²) in [5.74, 6) is 0.755. The van der Waals surface area contributed by atoms with E-state index in [4.69, 9.17) is 0 Å². The van der Waals surface area contributed by atoms with Gasteiger partial charge in [0.25, 0.3) is 0 Å². The molecule has 2 saturated heterocycles. The van der Waals surface area contributed by atoms with Crippen LogP contribution in [-0.2, 0) is 16.0 Å². The quantitative estimate of drug-likeness (QED) is 0.817. The summed E-state index contributed by atoms with van der Waals surface area (Å²) in [5.41, 5.74) is 2.57. The average Bonchev–Trinajstić information content (AvgIpc) is 2.73. The molecule has 1 aromatic rings. The van der Waals surface area contributed by atoms with Crippen molar-refractivity contribution in [2.75, 3.05) is 26.2 Å². The van der Waals surface area contributed by atoms with Crippen LogP contribution in [0.4, 0.5) is 0 Å². The van der Waals surface area contributed by atoms with Gasteiger partial charge < -0.3 is 9.80 Å². The lowest BCUT2D eigenvalue weighted by atomic mass is 9.81. The Labute approximate surface area is 156 Å². The van der Waals surface area contributed by atoms with Crippen LogP contribution in [0.25, 0.3) is 0 Å². The fraction of sp³-hybridized carbons (Fsp3) is 0.636. The van der Waals surface area contributed by atoms with Gasteiger partial charge in [-0.25, -0.2) is 0 Å². The Balaban J connectivity index is 1.36. The lowest BCUT2D eigenvalue weighted by Gasteiger charge is -2.37. The van der Waals surface area contributed by atoms with Gasteiger partial charge in [-0.2, -0.15) is 0 Å². The Kier molecular flexibility index (Phi) is 5.28. The molecule has 2 aliphatic heterocycles. The maximum atomic E-state index is 13.1. The van der Waals surface area contributed by atoms with Crippen molar-refractivity contribution < 1.29 is 9.59 Å². The lowest BCUT2D eigenvalue weighted by Crippen LogP contribution is -2.47. The van der Waals surface area contributed by atoms with Gasteiger partial charge in [-0.15, -0.1) is 0 Å². The first kappa shape index (κ1) is 17.6. The number of hydrogen-bond donors (Lipinski definition) is 0. The van der Waals surface area contributed by atoms with Crippen molar-refractivity contribution in [1.29, 1.82) is 0 Å². The molecular weight excluding hydrogens is 324 g/mol. The third kappa shape index (κ3) is 3.51. The van der Waals surface area contributed by atoms with Gasteiger partial charge in [0.1, 0.15) is 0 Å². The molecule has 0 N–H and O–H groups in total. The number of likely N-dealkylation sites (tertiary alicyclic amines) is 2. The molecule has 4 rings (SSSR count). The zero-order chi connectivity index (χ0) is 17.9. The molecule has 1 atom stereocenters. The molecule has 140 valence electrons. The first-order valence-electron chi connectivity index (χ1n) is 10.4. The van der Waals surface area contributed by atoms with E-state index in [-0.39, 0.29) is 17.7 Å². The molecule has 0 spiro atoms. The number of piperidine rings is 2. The second kappa shape index (κ2) is 7.81. The van der Waals surface area contributed by atoms with Crippen LogP contribution in [0.1, 0.15) is 62.0 Å². The van der Waals surface area contributed by atoms with E-state index >= 15 is 0 Å². The van der Waals surface area contributed by atoms with Crippen molar-refractivity contribution >= 4 is 11.8 Å². The van der Waals surface area contributed by atoms with Gasteiger partial charge >= 0.3 is 0 Å². The van der Waals surface area contributed by atoms with Crippen molar-refractivity contribution in [2.24, 2.45) is 5.92 Å². The Morgan fingerprint density at radius 3 is 2.23 bits per heavy atom. The molecule has 1 aromatic carbocycles. The van der Waals surface area contributed by atoms with Gasteiger partial charge in [-0.05, 0) is 62.5 Å². The molecule has 0 aromatic heterocycles. The van der Waals surface area contributed by atoms with Gasteiger partial charge in [0, 0.05) is 32.1 Å². The highest BCUT2D eigenvalue weighted by Gasteiger charge is 2.34. The number of carbonyl (C=O) groups is 2. The van der Waals surface area contributed by atoms with Crippen molar-refractivity contribution in [3.05, 3.63) is 35.4 Å². The van der Waals surface area contributed by atoms with Gasteiger partial charge in [0.05, 0.1) is 5.92 Å². The Morgan fingerprint density at radius 1 is 0.769 bits per heavy atom. The number of fused-ring (bicyclic) bond motifs is 1. The molecule has 1 aliphatic carbocycles. The van der Waals surface area contributed by atoms with Crippen LogP contribution in [0.2, 0.25) is 0 Å². The molecule has 4 heteroatoms. The molecule has 26 heavy (non-hydrogen) atoms. The maximum absolute atomic E-state index is 13.1. The molecule has 2 amide bonds. The van der Waals surface area contributed by atoms with E-state index in [0.717, 1.165) is 71.1 Å². The van der Waals surface area contributed by atoms with Crippen LogP contribution in [0.15, 0.2) is 24.3 Å². The van der Waals surface area contributed by atoms with Crippen LogP contribution in [-0.4, -0.2) is 47.8 Å². The number of nitrogens with zero attached hydrogens (tertiary/aromatic N) is 2. The number of carbonyl (C=O) groups excluding carboxylic acids is 2. The number of hydrogen-bond acceptors (Lipinski definition) is 2. The van der Waals surface area contributed by atoms with Gasteiger partial charge in [0.15, 0.2) is 0 Å². The van der Waals surface area contributed by atoms with Gasteiger partial charge in [0.2, 0.25) is 11.8 Å². The molecule has 0 saturated carbocycles. The SMILES string of the molecule is O=C(C1CCN(C(=O)C2CCCc3ccccc32)CC1)N1CCCCC1. The van der Waals surface area contributed by atoms with Crippen LogP contribution >= 0.6 is 0 Å². The van der Waals surface area contributed by atoms with E-state index in [0.29, 0.717) is 5.91 Å². The van der Waals surface area contributed by atoms with Crippen LogP contribution < -0.4 is 0 Å². The minimum Gasteiger partial charge on any atom is -0.342 e. The molecule has 4 nitrogen and oxygen atoms in total. The van der Waals surface area contributed by atoms with Crippen LogP contribution in [0.5, 0.6) is 0 Å². The first-order chi connectivity index (χ1) is 12.7. The Hall–Kier alpha value is -1.84. The predicted molar refractivity (Wildman–Crippen MR) is 102 cm³/mol. The van der Waals surface area contributed by atoms with Crippen molar-refractivity contribution in [2.45, 2.75) is 57.3 Å². The van der Waals surface area contributed by atoms with E-state index in [1.54, 1.807) is 0 Å². The van der Waals surface area contributed by atoms with E-state index < -0.39 is 0 Å². The fourth-order valence-corrected chi connectivity index (χ4v) is 4.95. The largest absolute Gasteiger partial charge is 0.342 e. The molecule has 2 heterocycles. The second-order valence-electron chi connectivity index (χ2n) is 8.13. The molecule has 0 radical (unpaired) electrons. The monoisotopic (exact) mass is 354 g/mol. The summed E-state index contributed by atoms with van der Waals surface area (Å²) in [7, 11) is 0. The van der Waals surface area contributed by atoms with Crippen LogP contribution in [0.3, 0.4) is 0 Å². The average molecular weight is 354 g/mol. The molecule has 1 unspecified atom stereocenters. The van der Waals surface area contributed by atoms with Gasteiger partial charge in [-0.3, -0.25) is 9.59 Å². The van der Waals surface area contributed by atoms with E-state index in [1.807, 2.05) is 11.0 Å². The van der Waals surface area contributed by atoms with E-state index in [2.05, 4.69) is 23.1 Å². The summed E-state index contributed by atoms with van der Waals surface area (Å²) >= 11 is 0. The van der Waals surface area contributed by atoms with Crippen molar-refractivity contribution in [1.82, 2.24) is 9.80 Å². The molecule has 0 bridgehead atoms. The number of amides is 2. The summed E-state index contributed by atoms with van der Waals surface area (Å²) in [6.07, 6.45) is 8.34. The maximum Gasteiger partial charge on any atom is 0.230 e. The number of rotatable bonds is 2. The minimum atomic E-state index is 0.0225. The second-order valence-corrected chi connectivity index (χ2v) is 8.13. The van der Waals surface area contributed by atoms with Gasteiger partial charge in [-0.1, -0.05) is 24.3 Å². The third-order valence-corrected chi connectivity index (χ3v) is 6.49. The van der Waals surface area contributed by atoms with E-state index in [1.165, 1.54) is 17.5 Å². The Morgan fingerprint density at radius 2 is 1.46 bits per heavy atom. The summed E-state index contributed by atoms with van der Waals surface area (Å²) in [6, 6.07) is 8.42. The Bertz CT molecular complexity index is 658. The summed E-state index contributed by atoms with van der Waals surface area (Å²) in [5, 5.41) is 0. The smallest absolute Gasteiger partial charge is 0.230 e. The highest BCUT2D eigenvalue weighted by molar-refractivity contribution is 5.85. The normalized spacial score (nSPS) is 24.2. The van der Waals surface area contributed by atoms with Crippen molar-refractivity contribution in [3.63, 3.8) is 0 Å². The fourth-order valence-electron chi connectivity index (χ4n) is 4.95. The summed E-state index contributed by atoms with van der Waals surface area (Å²) in [6.45, 7) is 3.33. The topological polar surface area (TPSA) is 40.6 Å². The first-order valence-corrected chi connectivity index (χ1v) is 10.4. The molecular formula is C22H30N2O2. The van der Waals surface area contributed by atoms with E-state index in [9.17, 15) is 9.59 Å². The lowest BCUT2D eigenvalue weighted by molar-refractivity contribution is -0.142. The summed E-state index contributed by atoms with van der Waals surface area (Å²) < 4.78 is 0. The van der Waals surface area contributed by atoms with Crippen LogP contribution in [0, 0.1) is 5.92 Å². The zero-order valence-electron chi connectivity index (χ0n) is 15.7. The highest BCUT2D eigenvalue weighted by Crippen LogP contribution is 2.34.